The normalized spacial score (nSPS) is 10.4. The summed E-state index contributed by atoms with van der Waals surface area (Å²) >= 11 is 0. The largest absolute Gasteiger partial charge is 0.497 e. The van der Waals surface area contributed by atoms with E-state index in [9.17, 15) is 10.1 Å². The topological polar surface area (TPSA) is 65.9 Å². The van der Waals surface area contributed by atoms with Gasteiger partial charge in [-0.1, -0.05) is 18.2 Å². The van der Waals surface area contributed by atoms with Gasteiger partial charge in [0.2, 0.25) is 0 Å². The minimum absolute atomic E-state index is 0.137. The van der Waals surface area contributed by atoms with E-state index in [1.54, 1.807) is 14.0 Å². The van der Waals surface area contributed by atoms with Crippen molar-refractivity contribution in [2.75, 3.05) is 7.11 Å². The molecule has 1 N–H and O–H groups in total. The number of benzene rings is 2. The van der Waals surface area contributed by atoms with E-state index in [1.807, 2.05) is 48.5 Å². The maximum Gasteiger partial charge on any atom is 0.266 e. The van der Waals surface area contributed by atoms with Gasteiger partial charge in [-0.2, -0.15) is 5.26 Å². The number of nitrogens with one attached hydrogen (secondary N) is 1. The summed E-state index contributed by atoms with van der Waals surface area (Å²) in [6.07, 6.45) is 0. The van der Waals surface area contributed by atoms with Crippen LogP contribution in [0.4, 0.5) is 0 Å². The number of aromatic nitrogens is 1. The molecule has 22 heavy (non-hydrogen) atoms. The number of hydrogen-bond donors (Lipinski definition) is 1. The molecule has 0 aliphatic heterocycles. The lowest BCUT2D eigenvalue weighted by Crippen LogP contribution is -2.12. The molecule has 0 amide bonds. The van der Waals surface area contributed by atoms with E-state index >= 15 is 0 Å². The Morgan fingerprint density at radius 3 is 2.55 bits per heavy atom. The van der Waals surface area contributed by atoms with E-state index in [-0.39, 0.29) is 11.1 Å². The van der Waals surface area contributed by atoms with Crippen LogP contribution in [0.2, 0.25) is 0 Å². The van der Waals surface area contributed by atoms with Crippen LogP contribution < -0.4 is 10.3 Å². The zero-order valence-corrected chi connectivity index (χ0v) is 12.3. The van der Waals surface area contributed by atoms with Crippen LogP contribution in [0.25, 0.3) is 21.9 Å². The summed E-state index contributed by atoms with van der Waals surface area (Å²) in [6, 6.07) is 15.5. The predicted octanol–water partition coefficient (Wildman–Crippen LogP) is 3.38. The summed E-state index contributed by atoms with van der Waals surface area (Å²) in [5.41, 5.74) is 2.02. The lowest BCUT2D eigenvalue weighted by molar-refractivity contribution is 0.415. The van der Waals surface area contributed by atoms with Crippen LogP contribution in [0.15, 0.2) is 47.3 Å². The number of aryl methyl sites for hydroxylation is 1. The van der Waals surface area contributed by atoms with Gasteiger partial charge in [-0.15, -0.1) is 0 Å². The molecule has 0 bridgehead atoms. The van der Waals surface area contributed by atoms with Gasteiger partial charge in [0.25, 0.3) is 5.56 Å². The first-order chi connectivity index (χ1) is 10.6. The molecule has 0 saturated heterocycles. The Hall–Kier alpha value is -3.06. The molecule has 0 radical (unpaired) electrons. The van der Waals surface area contributed by atoms with E-state index in [0.29, 0.717) is 5.56 Å². The monoisotopic (exact) mass is 290 g/mol. The Morgan fingerprint density at radius 1 is 1.09 bits per heavy atom. The minimum atomic E-state index is -0.354. The third-order valence-electron chi connectivity index (χ3n) is 3.64. The van der Waals surface area contributed by atoms with Crippen LogP contribution in [-0.4, -0.2) is 12.1 Å². The van der Waals surface area contributed by atoms with Crippen molar-refractivity contribution in [1.29, 1.82) is 5.26 Å². The number of hydrogen-bond acceptors (Lipinski definition) is 3. The molecular formula is C18H14N2O2. The fourth-order valence-electron chi connectivity index (χ4n) is 2.55. The number of pyridine rings is 1. The molecule has 0 spiro atoms. The van der Waals surface area contributed by atoms with E-state index < -0.39 is 0 Å². The summed E-state index contributed by atoms with van der Waals surface area (Å²) in [5.74, 6) is 0.796. The Kier molecular flexibility index (Phi) is 3.40. The second kappa shape index (κ2) is 5.38. The molecule has 4 nitrogen and oxygen atoms in total. The Morgan fingerprint density at radius 2 is 1.82 bits per heavy atom. The first-order valence-electron chi connectivity index (χ1n) is 6.84. The number of methoxy groups -OCH3 is 1. The average Bonchev–Trinajstić information content (AvgIpc) is 2.53. The molecule has 3 aromatic rings. The summed E-state index contributed by atoms with van der Waals surface area (Å²) in [6.45, 7) is 1.80. The second-order valence-electron chi connectivity index (χ2n) is 5.11. The Balaban J connectivity index is 2.23. The quantitative estimate of drug-likeness (QED) is 0.786. The molecule has 0 aliphatic rings. The number of fused-ring (bicyclic) bond motifs is 1. The minimum Gasteiger partial charge on any atom is -0.497 e. The average molecular weight is 290 g/mol. The van der Waals surface area contributed by atoms with Gasteiger partial charge in [0.1, 0.15) is 17.4 Å². The van der Waals surface area contributed by atoms with Crippen molar-refractivity contribution in [2.45, 2.75) is 6.92 Å². The standard InChI is InChI=1S/C18H14N2O2/c1-11-7-16(17(10-19)18(21)20-11)14-4-3-13-9-15(22-2)6-5-12(13)8-14/h3-9H,1-2H3,(H,20,21). The highest BCUT2D eigenvalue weighted by atomic mass is 16.5. The molecule has 0 fully saturated rings. The number of H-pyrrole nitrogens is 1. The number of nitrogens with zero attached hydrogens (tertiary/aromatic N) is 1. The van der Waals surface area contributed by atoms with Crippen LogP contribution in [0.1, 0.15) is 11.3 Å². The number of ether oxygens (including phenoxy) is 1. The van der Waals surface area contributed by atoms with Crippen molar-refractivity contribution >= 4 is 10.8 Å². The van der Waals surface area contributed by atoms with Gasteiger partial charge in [0.05, 0.1) is 7.11 Å². The summed E-state index contributed by atoms with van der Waals surface area (Å²) in [5, 5.41) is 11.3. The fraction of sp³-hybridized carbons (Fsp3) is 0.111. The first kappa shape index (κ1) is 13.9. The summed E-state index contributed by atoms with van der Waals surface area (Å²) < 4.78 is 5.22. The van der Waals surface area contributed by atoms with E-state index in [4.69, 9.17) is 4.74 Å². The smallest absolute Gasteiger partial charge is 0.266 e. The highest BCUT2D eigenvalue weighted by Gasteiger charge is 2.10. The van der Waals surface area contributed by atoms with Crippen LogP contribution in [0, 0.1) is 18.3 Å². The lowest BCUT2D eigenvalue weighted by atomic mass is 9.98. The molecule has 108 valence electrons. The van der Waals surface area contributed by atoms with Gasteiger partial charge in [-0.3, -0.25) is 4.79 Å². The van der Waals surface area contributed by atoms with Crippen LogP contribution in [0.5, 0.6) is 5.75 Å². The van der Waals surface area contributed by atoms with Gasteiger partial charge in [-0.05, 0) is 47.5 Å². The molecule has 1 aromatic heterocycles. The zero-order chi connectivity index (χ0) is 15.7. The molecule has 0 unspecified atom stereocenters. The highest BCUT2D eigenvalue weighted by molar-refractivity contribution is 5.89. The molecule has 4 heteroatoms. The van der Waals surface area contributed by atoms with E-state index in [2.05, 4.69) is 4.98 Å². The summed E-state index contributed by atoms with van der Waals surface area (Å²) in [4.78, 5) is 14.6. The SMILES string of the molecule is COc1ccc2cc(-c3cc(C)[nH]c(=O)c3C#N)ccc2c1. The number of nitriles is 1. The van der Waals surface area contributed by atoms with E-state index in [0.717, 1.165) is 27.8 Å². The number of rotatable bonds is 2. The van der Waals surface area contributed by atoms with Crippen molar-refractivity contribution in [2.24, 2.45) is 0 Å². The zero-order valence-electron chi connectivity index (χ0n) is 12.3. The van der Waals surface area contributed by atoms with Crippen molar-refractivity contribution in [3.05, 3.63) is 64.1 Å². The predicted molar refractivity (Wildman–Crippen MR) is 86.0 cm³/mol. The van der Waals surface area contributed by atoms with Crippen LogP contribution >= 0.6 is 0 Å². The Bertz CT molecular complexity index is 965. The van der Waals surface area contributed by atoms with E-state index in [1.165, 1.54) is 0 Å². The fourth-order valence-corrected chi connectivity index (χ4v) is 2.55. The third-order valence-corrected chi connectivity index (χ3v) is 3.64. The summed E-state index contributed by atoms with van der Waals surface area (Å²) in [7, 11) is 1.63. The molecular weight excluding hydrogens is 276 g/mol. The van der Waals surface area contributed by atoms with Gasteiger partial charge in [0.15, 0.2) is 0 Å². The maximum atomic E-state index is 11.9. The van der Waals surface area contributed by atoms with Gasteiger partial charge in [0, 0.05) is 11.3 Å². The molecule has 0 saturated carbocycles. The Labute approximate surface area is 127 Å². The van der Waals surface area contributed by atoms with Gasteiger partial charge >= 0.3 is 0 Å². The highest BCUT2D eigenvalue weighted by Crippen LogP contribution is 2.28. The maximum absolute atomic E-state index is 11.9. The lowest BCUT2D eigenvalue weighted by Gasteiger charge is -2.08. The van der Waals surface area contributed by atoms with Gasteiger partial charge < -0.3 is 9.72 Å². The van der Waals surface area contributed by atoms with Crippen molar-refractivity contribution in [3.63, 3.8) is 0 Å². The van der Waals surface area contributed by atoms with Crippen molar-refractivity contribution in [1.82, 2.24) is 4.98 Å². The van der Waals surface area contributed by atoms with Crippen molar-refractivity contribution in [3.8, 4) is 22.9 Å². The van der Waals surface area contributed by atoms with Crippen molar-refractivity contribution < 1.29 is 4.74 Å². The second-order valence-corrected chi connectivity index (χ2v) is 5.11. The number of aromatic amines is 1. The van der Waals surface area contributed by atoms with Crippen LogP contribution in [-0.2, 0) is 0 Å². The molecule has 0 atom stereocenters. The van der Waals surface area contributed by atoms with Gasteiger partial charge in [-0.25, -0.2) is 0 Å². The first-order valence-corrected chi connectivity index (χ1v) is 6.84. The third kappa shape index (κ3) is 2.33. The van der Waals surface area contributed by atoms with Crippen LogP contribution in [0.3, 0.4) is 0 Å². The molecule has 3 rings (SSSR count). The molecule has 1 heterocycles. The molecule has 0 aliphatic carbocycles. The molecule has 2 aromatic carbocycles.